The number of hydrogen-bond donors (Lipinski definition) is 2. The van der Waals surface area contributed by atoms with Gasteiger partial charge in [-0.2, -0.15) is 0 Å². The molecule has 0 saturated heterocycles. The van der Waals surface area contributed by atoms with Crippen LogP contribution in [-0.4, -0.2) is 5.21 Å². The van der Waals surface area contributed by atoms with Crippen LogP contribution < -0.4 is 5.48 Å². The number of hydroxylamine groups is 1. The van der Waals surface area contributed by atoms with Gasteiger partial charge in [0.25, 0.3) is 0 Å². The van der Waals surface area contributed by atoms with Crippen LogP contribution in [0.4, 0.5) is 0 Å². The lowest BCUT2D eigenvalue weighted by molar-refractivity contribution is 0.202. The van der Waals surface area contributed by atoms with Crippen molar-refractivity contribution in [2.24, 2.45) is 0 Å². The first-order chi connectivity index (χ1) is 4.86. The Labute approximate surface area is 61.2 Å². The van der Waals surface area contributed by atoms with Crippen molar-refractivity contribution in [2.45, 2.75) is 26.2 Å². The van der Waals surface area contributed by atoms with Gasteiger partial charge in [-0.25, -0.2) is 0 Å². The molecule has 0 amide bonds. The highest BCUT2D eigenvalue weighted by Gasteiger charge is 2.02. The fourth-order valence-corrected chi connectivity index (χ4v) is 1.03. The number of nitrogens with one attached hydrogen (secondary N) is 1. The average Bonchev–Trinajstić information content (AvgIpc) is 2.05. The van der Waals surface area contributed by atoms with E-state index in [1.807, 2.05) is 6.08 Å². The van der Waals surface area contributed by atoms with E-state index in [1.54, 1.807) is 0 Å². The SMILES string of the molecule is CCC1=[C]C(NO)=CCC1. The van der Waals surface area contributed by atoms with Crippen molar-refractivity contribution in [1.29, 1.82) is 0 Å². The highest BCUT2D eigenvalue weighted by Crippen LogP contribution is 2.16. The van der Waals surface area contributed by atoms with E-state index in [0.717, 1.165) is 19.3 Å². The van der Waals surface area contributed by atoms with Crippen LogP contribution in [0.15, 0.2) is 17.3 Å². The van der Waals surface area contributed by atoms with Gasteiger partial charge in [0.15, 0.2) is 0 Å². The summed E-state index contributed by atoms with van der Waals surface area (Å²) >= 11 is 0. The van der Waals surface area contributed by atoms with E-state index in [9.17, 15) is 0 Å². The highest BCUT2D eigenvalue weighted by molar-refractivity contribution is 5.19. The molecule has 0 aliphatic heterocycles. The van der Waals surface area contributed by atoms with Crippen molar-refractivity contribution >= 4 is 0 Å². The predicted octanol–water partition coefficient (Wildman–Crippen LogP) is 1.78. The van der Waals surface area contributed by atoms with E-state index in [2.05, 4.69) is 18.5 Å². The first kappa shape index (κ1) is 7.35. The van der Waals surface area contributed by atoms with E-state index in [4.69, 9.17) is 5.21 Å². The summed E-state index contributed by atoms with van der Waals surface area (Å²) in [5.74, 6) is 0. The van der Waals surface area contributed by atoms with Crippen molar-refractivity contribution in [3.05, 3.63) is 23.4 Å². The molecule has 1 aliphatic carbocycles. The minimum Gasteiger partial charge on any atom is -0.291 e. The molecule has 0 aromatic rings. The smallest absolute Gasteiger partial charge is 0.0641 e. The summed E-state index contributed by atoms with van der Waals surface area (Å²) in [6.45, 7) is 2.10. The topological polar surface area (TPSA) is 32.3 Å². The molecule has 0 fully saturated rings. The van der Waals surface area contributed by atoms with Crippen LogP contribution in [0.5, 0.6) is 0 Å². The Hall–Kier alpha value is -0.760. The number of rotatable bonds is 2. The molecule has 0 spiro atoms. The third-order valence-electron chi connectivity index (χ3n) is 1.65. The van der Waals surface area contributed by atoms with Crippen LogP contribution in [0.2, 0.25) is 0 Å². The van der Waals surface area contributed by atoms with Gasteiger partial charge in [0.05, 0.1) is 5.70 Å². The van der Waals surface area contributed by atoms with Crippen LogP contribution in [0.3, 0.4) is 0 Å². The minimum atomic E-state index is 0.711. The largest absolute Gasteiger partial charge is 0.291 e. The van der Waals surface area contributed by atoms with Gasteiger partial charge in [-0.3, -0.25) is 10.7 Å². The Balaban J connectivity index is 2.61. The molecule has 1 aliphatic rings. The third kappa shape index (κ3) is 1.61. The summed E-state index contributed by atoms with van der Waals surface area (Å²) in [5.41, 5.74) is 4.09. The molecule has 55 valence electrons. The number of hydrogen-bond acceptors (Lipinski definition) is 2. The van der Waals surface area contributed by atoms with Crippen molar-refractivity contribution < 1.29 is 5.21 Å². The van der Waals surface area contributed by atoms with Crippen LogP contribution in [0.25, 0.3) is 0 Å². The fraction of sp³-hybridized carbons (Fsp3) is 0.500. The molecule has 2 nitrogen and oxygen atoms in total. The summed E-state index contributed by atoms with van der Waals surface area (Å²) < 4.78 is 0. The first-order valence-electron chi connectivity index (χ1n) is 3.58. The molecular formula is C8H12NO. The van der Waals surface area contributed by atoms with Crippen LogP contribution in [0, 0.1) is 6.08 Å². The molecular weight excluding hydrogens is 126 g/mol. The molecule has 2 N–H and O–H groups in total. The van der Waals surface area contributed by atoms with Crippen molar-refractivity contribution in [3.63, 3.8) is 0 Å². The summed E-state index contributed by atoms with van der Waals surface area (Å²) in [6.07, 6.45) is 8.14. The predicted molar refractivity (Wildman–Crippen MR) is 39.3 cm³/mol. The van der Waals surface area contributed by atoms with Crippen molar-refractivity contribution in [2.75, 3.05) is 0 Å². The maximum atomic E-state index is 8.51. The molecule has 0 saturated carbocycles. The second-order valence-electron chi connectivity index (χ2n) is 2.35. The van der Waals surface area contributed by atoms with Gasteiger partial charge < -0.3 is 0 Å². The molecule has 0 bridgehead atoms. The second-order valence-corrected chi connectivity index (χ2v) is 2.35. The van der Waals surface area contributed by atoms with Crippen molar-refractivity contribution in [1.82, 2.24) is 5.48 Å². The zero-order chi connectivity index (χ0) is 7.40. The summed E-state index contributed by atoms with van der Waals surface area (Å²) in [7, 11) is 0. The van der Waals surface area contributed by atoms with Crippen LogP contribution >= 0.6 is 0 Å². The van der Waals surface area contributed by atoms with E-state index in [-0.39, 0.29) is 0 Å². The Kier molecular flexibility index (Phi) is 2.51. The molecule has 1 rings (SSSR count). The average molecular weight is 138 g/mol. The molecule has 0 heterocycles. The fourth-order valence-electron chi connectivity index (χ4n) is 1.03. The first-order valence-corrected chi connectivity index (χ1v) is 3.58. The lowest BCUT2D eigenvalue weighted by Crippen LogP contribution is -2.08. The van der Waals surface area contributed by atoms with Gasteiger partial charge in [0, 0.05) is 6.08 Å². The lowest BCUT2D eigenvalue weighted by atomic mass is 10.0. The Bertz CT molecular complexity index is 170. The molecule has 0 aromatic carbocycles. The van der Waals surface area contributed by atoms with Crippen LogP contribution in [0.1, 0.15) is 26.2 Å². The molecule has 10 heavy (non-hydrogen) atoms. The van der Waals surface area contributed by atoms with Gasteiger partial charge >= 0.3 is 0 Å². The van der Waals surface area contributed by atoms with E-state index in [0.29, 0.717) is 5.70 Å². The van der Waals surface area contributed by atoms with Gasteiger partial charge in [-0.1, -0.05) is 18.6 Å². The van der Waals surface area contributed by atoms with Gasteiger partial charge in [0.1, 0.15) is 0 Å². The normalized spacial score (nSPS) is 17.8. The summed E-state index contributed by atoms with van der Waals surface area (Å²) in [6, 6.07) is 0. The zero-order valence-electron chi connectivity index (χ0n) is 6.15. The Morgan fingerprint density at radius 1 is 1.80 bits per heavy atom. The maximum Gasteiger partial charge on any atom is 0.0641 e. The Morgan fingerprint density at radius 2 is 2.60 bits per heavy atom. The minimum absolute atomic E-state index is 0.711. The van der Waals surface area contributed by atoms with E-state index >= 15 is 0 Å². The summed E-state index contributed by atoms with van der Waals surface area (Å²) in [5, 5.41) is 8.51. The second kappa shape index (κ2) is 3.42. The molecule has 2 heteroatoms. The van der Waals surface area contributed by atoms with Crippen LogP contribution in [-0.2, 0) is 0 Å². The Morgan fingerprint density at radius 3 is 3.20 bits per heavy atom. The highest BCUT2D eigenvalue weighted by atomic mass is 16.5. The zero-order valence-corrected chi connectivity index (χ0v) is 6.15. The van der Waals surface area contributed by atoms with E-state index in [1.165, 1.54) is 5.57 Å². The van der Waals surface area contributed by atoms with Gasteiger partial charge in [0.2, 0.25) is 0 Å². The van der Waals surface area contributed by atoms with E-state index < -0.39 is 0 Å². The van der Waals surface area contributed by atoms with Crippen molar-refractivity contribution in [3.8, 4) is 0 Å². The standard InChI is InChI=1S/C8H12NO/c1-2-7-4-3-5-8(6-7)9-10/h5,9-10H,2-4H2,1H3. The van der Waals surface area contributed by atoms with Gasteiger partial charge in [-0.15, -0.1) is 0 Å². The van der Waals surface area contributed by atoms with Gasteiger partial charge in [-0.05, 0) is 19.3 Å². The molecule has 0 unspecified atom stereocenters. The number of allylic oxidation sites excluding steroid dienone is 3. The third-order valence-corrected chi connectivity index (χ3v) is 1.65. The molecule has 1 radical (unpaired) electrons. The lowest BCUT2D eigenvalue weighted by Gasteiger charge is -2.09. The summed E-state index contributed by atoms with van der Waals surface area (Å²) in [4.78, 5) is 0. The molecule has 0 atom stereocenters. The maximum absolute atomic E-state index is 8.51. The monoisotopic (exact) mass is 138 g/mol. The molecule has 0 aromatic heterocycles. The quantitative estimate of drug-likeness (QED) is 0.570.